The third-order valence-electron chi connectivity index (χ3n) is 2.96. The van der Waals surface area contributed by atoms with E-state index in [-0.39, 0.29) is 18.4 Å². The van der Waals surface area contributed by atoms with E-state index in [9.17, 15) is 4.79 Å². The molecule has 2 N–H and O–H groups in total. The van der Waals surface area contributed by atoms with Gasteiger partial charge in [-0.25, -0.2) is 0 Å². The average Bonchev–Trinajstić information content (AvgIpc) is 2.30. The van der Waals surface area contributed by atoms with E-state index in [4.69, 9.17) is 9.84 Å². The van der Waals surface area contributed by atoms with Crippen LogP contribution in [0.5, 0.6) is 5.75 Å². The molecule has 4 nitrogen and oxygen atoms in total. The van der Waals surface area contributed by atoms with E-state index in [2.05, 4.69) is 5.32 Å². The van der Waals surface area contributed by atoms with Crippen molar-refractivity contribution < 1.29 is 14.6 Å². The second-order valence-corrected chi connectivity index (χ2v) is 4.44. The summed E-state index contributed by atoms with van der Waals surface area (Å²) in [5, 5.41) is 11.9. The fourth-order valence-corrected chi connectivity index (χ4v) is 1.95. The maximum atomic E-state index is 11.9. The molecule has 0 aromatic heterocycles. The number of aliphatic hydroxyl groups excluding tert-OH is 1. The number of hydrogen-bond donors (Lipinski definition) is 2. The highest BCUT2D eigenvalue weighted by atomic mass is 16.5. The number of nitrogens with one attached hydrogen (secondary N) is 1. The topological polar surface area (TPSA) is 58.6 Å². The predicted octanol–water partition coefficient (Wildman–Crippen LogP) is 2.27. The maximum absolute atomic E-state index is 11.9. The van der Waals surface area contributed by atoms with Crippen LogP contribution in [0.15, 0.2) is 12.1 Å². The van der Waals surface area contributed by atoms with Crippen molar-refractivity contribution in [2.75, 3.05) is 19.0 Å². The first-order valence-electron chi connectivity index (χ1n) is 6.10. The second kappa shape index (κ2) is 6.40. The molecule has 0 bridgehead atoms. The van der Waals surface area contributed by atoms with Crippen molar-refractivity contribution in [3.05, 3.63) is 23.3 Å². The van der Waals surface area contributed by atoms with Gasteiger partial charge in [0.05, 0.1) is 25.3 Å². The molecule has 4 heteroatoms. The van der Waals surface area contributed by atoms with Gasteiger partial charge >= 0.3 is 0 Å². The van der Waals surface area contributed by atoms with Crippen LogP contribution in [0.3, 0.4) is 0 Å². The molecule has 0 fully saturated rings. The number of hydrogen-bond acceptors (Lipinski definition) is 3. The molecule has 1 aromatic carbocycles. The summed E-state index contributed by atoms with van der Waals surface area (Å²) in [5.74, 6) is 0.112. The molecule has 1 rings (SSSR count). The first-order chi connectivity index (χ1) is 8.53. The van der Waals surface area contributed by atoms with E-state index in [1.54, 1.807) is 7.11 Å². The van der Waals surface area contributed by atoms with E-state index < -0.39 is 0 Å². The Morgan fingerprint density at radius 1 is 1.44 bits per heavy atom. The molecule has 1 amide bonds. The Balaban J connectivity index is 2.99. The summed E-state index contributed by atoms with van der Waals surface area (Å²) in [6.45, 7) is 5.63. The molecule has 0 heterocycles. The number of aliphatic hydroxyl groups is 1. The van der Waals surface area contributed by atoms with E-state index in [0.717, 1.165) is 11.1 Å². The maximum Gasteiger partial charge on any atom is 0.229 e. The minimum absolute atomic E-state index is 0.143. The van der Waals surface area contributed by atoms with Gasteiger partial charge in [0.25, 0.3) is 0 Å². The highest BCUT2D eigenvalue weighted by Gasteiger charge is 2.17. The lowest BCUT2D eigenvalue weighted by molar-refractivity contribution is -0.121. The van der Waals surface area contributed by atoms with Crippen LogP contribution in [0, 0.1) is 19.8 Å². The summed E-state index contributed by atoms with van der Waals surface area (Å²) in [4.78, 5) is 11.9. The number of ether oxygens (including phenoxy) is 1. The van der Waals surface area contributed by atoms with Crippen molar-refractivity contribution in [1.29, 1.82) is 0 Å². The number of aryl methyl sites for hydroxylation is 2. The molecular weight excluding hydrogens is 230 g/mol. The number of rotatable bonds is 5. The Bertz CT molecular complexity index is 425. The normalized spacial score (nSPS) is 12.1. The zero-order valence-corrected chi connectivity index (χ0v) is 11.4. The zero-order valence-electron chi connectivity index (χ0n) is 11.4. The van der Waals surface area contributed by atoms with E-state index in [1.807, 2.05) is 32.9 Å². The van der Waals surface area contributed by atoms with Crippen molar-refractivity contribution in [2.45, 2.75) is 27.2 Å². The van der Waals surface area contributed by atoms with Gasteiger partial charge in [-0.15, -0.1) is 0 Å². The molecule has 18 heavy (non-hydrogen) atoms. The van der Waals surface area contributed by atoms with Crippen LogP contribution in [0.1, 0.15) is 24.5 Å². The van der Waals surface area contributed by atoms with Crippen LogP contribution in [0.4, 0.5) is 5.69 Å². The van der Waals surface area contributed by atoms with Crippen molar-refractivity contribution in [3.8, 4) is 5.75 Å². The molecule has 0 aliphatic rings. The summed E-state index contributed by atoms with van der Waals surface area (Å²) in [6.07, 6.45) is 0.607. The fraction of sp³-hybridized carbons (Fsp3) is 0.500. The van der Waals surface area contributed by atoms with Crippen molar-refractivity contribution in [3.63, 3.8) is 0 Å². The number of anilines is 1. The Kier molecular flexibility index (Phi) is 5.16. The molecule has 0 aliphatic carbocycles. The number of carbonyl (C=O) groups is 1. The van der Waals surface area contributed by atoms with Crippen molar-refractivity contribution in [2.24, 2.45) is 5.92 Å². The molecule has 1 aromatic rings. The van der Waals surface area contributed by atoms with Crippen LogP contribution in [-0.4, -0.2) is 24.7 Å². The number of benzene rings is 1. The molecule has 1 atom stereocenters. The van der Waals surface area contributed by atoms with Gasteiger partial charge in [-0.2, -0.15) is 0 Å². The lowest BCUT2D eigenvalue weighted by Gasteiger charge is -2.16. The fourth-order valence-electron chi connectivity index (χ4n) is 1.95. The first-order valence-corrected chi connectivity index (χ1v) is 6.10. The molecule has 1 unspecified atom stereocenters. The number of amides is 1. The quantitative estimate of drug-likeness (QED) is 0.844. The molecule has 0 aliphatic heterocycles. The standard InChI is InChI=1S/C14H21NO3/c1-5-11(8-16)14(17)15-12-7-9(2)6-10(3)13(12)18-4/h6-7,11,16H,5,8H2,1-4H3,(H,15,17). The Labute approximate surface area is 108 Å². The largest absolute Gasteiger partial charge is 0.494 e. The van der Waals surface area contributed by atoms with Gasteiger partial charge in [-0.05, 0) is 37.5 Å². The number of carbonyl (C=O) groups excluding carboxylic acids is 1. The second-order valence-electron chi connectivity index (χ2n) is 4.44. The summed E-state index contributed by atoms with van der Waals surface area (Å²) in [6, 6.07) is 3.87. The monoisotopic (exact) mass is 251 g/mol. The van der Waals surface area contributed by atoms with Gasteiger partial charge < -0.3 is 15.2 Å². The van der Waals surface area contributed by atoms with E-state index in [0.29, 0.717) is 17.9 Å². The third kappa shape index (κ3) is 3.23. The molecule has 100 valence electrons. The lowest BCUT2D eigenvalue weighted by Crippen LogP contribution is -2.25. The first kappa shape index (κ1) is 14.5. The Hall–Kier alpha value is -1.55. The number of methoxy groups -OCH3 is 1. The zero-order chi connectivity index (χ0) is 13.7. The molecule has 0 saturated carbocycles. The van der Waals surface area contributed by atoms with Crippen molar-refractivity contribution in [1.82, 2.24) is 0 Å². The van der Waals surface area contributed by atoms with Crippen LogP contribution < -0.4 is 10.1 Å². The Morgan fingerprint density at radius 2 is 2.11 bits per heavy atom. The highest BCUT2D eigenvalue weighted by Crippen LogP contribution is 2.30. The summed E-state index contributed by atoms with van der Waals surface area (Å²) < 4.78 is 5.30. The van der Waals surface area contributed by atoms with Gasteiger partial charge in [0, 0.05) is 0 Å². The third-order valence-corrected chi connectivity index (χ3v) is 2.96. The molecule has 0 radical (unpaired) electrons. The smallest absolute Gasteiger partial charge is 0.229 e. The van der Waals surface area contributed by atoms with Crippen LogP contribution in [0.2, 0.25) is 0 Å². The van der Waals surface area contributed by atoms with Crippen LogP contribution in [-0.2, 0) is 4.79 Å². The summed E-state index contributed by atoms with van der Waals surface area (Å²) >= 11 is 0. The molecule has 0 spiro atoms. The minimum atomic E-state index is -0.379. The van der Waals surface area contributed by atoms with Crippen LogP contribution in [0.25, 0.3) is 0 Å². The van der Waals surface area contributed by atoms with Crippen LogP contribution >= 0.6 is 0 Å². The van der Waals surface area contributed by atoms with Gasteiger partial charge in [0.1, 0.15) is 5.75 Å². The van der Waals surface area contributed by atoms with Gasteiger partial charge in [0.2, 0.25) is 5.91 Å². The van der Waals surface area contributed by atoms with Gasteiger partial charge in [-0.3, -0.25) is 4.79 Å². The average molecular weight is 251 g/mol. The van der Waals surface area contributed by atoms with Crippen molar-refractivity contribution >= 4 is 11.6 Å². The van der Waals surface area contributed by atoms with E-state index >= 15 is 0 Å². The highest BCUT2D eigenvalue weighted by molar-refractivity contribution is 5.94. The summed E-state index contributed by atoms with van der Waals surface area (Å²) in [5.41, 5.74) is 2.69. The van der Waals surface area contributed by atoms with Gasteiger partial charge in [-0.1, -0.05) is 13.0 Å². The van der Waals surface area contributed by atoms with Gasteiger partial charge in [0.15, 0.2) is 0 Å². The summed E-state index contributed by atoms with van der Waals surface area (Å²) in [7, 11) is 1.58. The predicted molar refractivity (Wildman–Crippen MR) is 72.0 cm³/mol. The molecular formula is C14H21NO3. The van der Waals surface area contributed by atoms with E-state index in [1.165, 1.54) is 0 Å². The SMILES string of the molecule is CCC(CO)C(=O)Nc1cc(C)cc(C)c1OC. The minimum Gasteiger partial charge on any atom is -0.494 e. The molecule has 0 saturated heterocycles. The Morgan fingerprint density at radius 3 is 2.61 bits per heavy atom. The lowest BCUT2D eigenvalue weighted by atomic mass is 10.1.